The summed E-state index contributed by atoms with van der Waals surface area (Å²) < 4.78 is 0. The van der Waals surface area contributed by atoms with E-state index in [4.69, 9.17) is 28.9 Å². The Morgan fingerprint density at radius 2 is 2.00 bits per heavy atom. The van der Waals surface area contributed by atoms with Crippen LogP contribution >= 0.6 is 23.2 Å². The van der Waals surface area contributed by atoms with Gasteiger partial charge in [0.25, 0.3) is 0 Å². The van der Waals surface area contributed by atoms with Crippen LogP contribution in [-0.2, 0) is 0 Å². The van der Waals surface area contributed by atoms with Crippen LogP contribution in [0.15, 0.2) is 18.2 Å². The quantitative estimate of drug-likeness (QED) is 0.700. The van der Waals surface area contributed by atoms with E-state index in [1.165, 1.54) is 0 Å². The monoisotopic (exact) mass is 226 g/mol. The van der Waals surface area contributed by atoms with Gasteiger partial charge >= 0.3 is 0 Å². The number of anilines is 1. The fraction of sp³-hybridized carbons (Fsp3) is 0.100. The molecule has 14 heavy (non-hydrogen) atoms. The van der Waals surface area contributed by atoms with Crippen LogP contribution in [0.5, 0.6) is 0 Å². The minimum absolute atomic E-state index is 0.372. The molecule has 2 rings (SSSR count). The van der Waals surface area contributed by atoms with Crippen molar-refractivity contribution in [2.75, 3.05) is 5.73 Å². The van der Waals surface area contributed by atoms with Gasteiger partial charge in [0.05, 0.1) is 21.2 Å². The Balaban J connectivity index is 2.92. The van der Waals surface area contributed by atoms with Gasteiger partial charge in [-0.1, -0.05) is 29.3 Å². The molecule has 2 nitrogen and oxygen atoms in total. The van der Waals surface area contributed by atoms with Crippen molar-refractivity contribution in [2.45, 2.75) is 6.92 Å². The first-order chi connectivity index (χ1) is 6.59. The van der Waals surface area contributed by atoms with Gasteiger partial charge in [-0.05, 0) is 19.1 Å². The molecule has 4 heteroatoms. The highest BCUT2D eigenvalue weighted by atomic mass is 35.5. The number of nitrogen functional groups attached to an aromatic ring is 1. The third kappa shape index (κ3) is 1.41. The lowest BCUT2D eigenvalue weighted by molar-refractivity contribution is 1.26. The van der Waals surface area contributed by atoms with Crippen molar-refractivity contribution < 1.29 is 0 Å². The fourth-order valence-electron chi connectivity index (χ4n) is 1.33. The summed E-state index contributed by atoms with van der Waals surface area (Å²) in [5, 5.41) is 1.74. The van der Waals surface area contributed by atoms with Crippen molar-refractivity contribution in [2.24, 2.45) is 0 Å². The van der Waals surface area contributed by atoms with Gasteiger partial charge in [0.15, 0.2) is 0 Å². The summed E-state index contributed by atoms with van der Waals surface area (Å²) in [7, 11) is 0. The first-order valence-electron chi connectivity index (χ1n) is 4.10. The molecule has 0 radical (unpaired) electrons. The molecule has 2 N–H and O–H groups in total. The van der Waals surface area contributed by atoms with E-state index >= 15 is 0 Å². The van der Waals surface area contributed by atoms with E-state index in [1.807, 2.05) is 19.1 Å². The molecule has 0 aliphatic heterocycles. The molecular formula is C10H8Cl2N2. The van der Waals surface area contributed by atoms with E-state index in [9.17, 15) is 0 Å². The van der Waals surface area contributed by atoms with Crippen LogP contribution in [0.25, 0.3) is 10.9 Å². The second-order valence-electron chi connectivity index (χ2n) is 3.11. The number of fused-ring (bicyclic) bond motifs is 1. The van der Waals surface area contributed by atoms with Gasteiger partial charge in [0, 0.05) is 11.1 Å². The second-order valence-corrected chi connectivity index (χ2v) is 3.90. The molecule has 1 heterocycles. The van der Waals surface area contributed by atoms with Crippen LogP contribution in [0.3, 0.4) is 0 Å². The Morgan fingerprint density at radius 1 is 1.29 bits per heavy atom. The van der Waals surface area contributed by atoms with Crippen LogP contribution in [-0.4, -0.2) is 4.98 Å². The first-order valence-corrected chi connectivity index (χ1v) is 4.86. The molecule has 0 aliphatic carbocycles. The molecule has 0 amide bonds. The molecular weight excluding hydrogens is 219 g/mol. The molecule has 0 bridgehead atoms. The van der Waals surface area contributed by atoms with Crippen LogP contribution in [0.4, 0.5) is 5.69 Å². The Morgan fingerprint density at radius 3 is 2.71 bits per heavy atom. The Kier molecular flexibility index (Phi) is 2.25. The van der Waals surface area contributed by atoms with Crippen molar-refractivity contribution in [3.8, 4) is 0 Å². The summed E-state index contributed by atoms with van der Waals surface area (Å²) >= 11 is 11.8. The van der Waals surface area contributed by atoms with Crippen LogP contribution < -0.4 is 5.73 Å². The maximum Gasteiger partial charge on any atom is 0.0950 e. The van der Waals surface area contributed by atoms with Crippen molar-refractivity contribution in [3.63, 3.8) is 0 Å². The van der Waals surface area contributed by atoms with Crippen LogP contribution in [0.2, 0.25) is 10.0 Å². The Labute approximate surface area is 91.6 Å². The number of hydrogen-bond acceptors (Lipinski definition) is 2. The predicted molar refractivity (Wildman–Crippen MR) is 60.9 cm³/mol. The third-order valence-corrected chi connectivity index (χ3v) is 2.85. The molecule has 0 unspecified atom stereocenters. The molecule has 72 valence electrons. The Hall–Kier alpha value is -0.990. The van der Waals surface area contributed by atoms with Gasteiger partial charge in [0.2, 0.25) is 0 Å². The zero-order chi connectivity index (χ0) is 10.3. The van der Waals surface area contributed by atoms with Crippen LogP contribution in [0.1, 0.15) is 5.69 Å². The topological polar surface area (TPSA) is 38.9 Å². The van der Waals surface area contributed by atoms with E-state index in [2.05, 4.69) is 4.98 Å². The predicted octanol–water partition coefficient (Wildman–Crippen LogP) is 3.43. The fourth-order valence-corrected chi connectivity index (χ4v) is 1.70. The van der Waals surface area contributed by atoms with Gasteiger partial charge in [-0.2, -0.15) is 0 Å². The van der Waals surface area contributed by atoms with Crippen molar-refractivity contribution in [3.05, 3.63) is 33.9 Å². The van der Waals surface area contributed by atoms with E-state index < -0.39 is 0 Å². The number of rotatable bonds is 0. The lowest BCUT2D eigenvalue weighted by Crippen LogP contribution is -1.93. The largest absolute Gasteiger partial charge is 0.396 e. The number of aromatic nitrogens is 1. The molecule has 1 aromatic heterocycles. The summed E-state index contributed by atoms with van der Waals surface area (Å²) in [4.78, 5) is 4.31. The number of nitrogens with zero attached hydrogens (tertiary/aromatic N) is 1. The van der Waals surface area contributed by atoms with E-state index in [-0.39, 0.29) is 0 Å². The van der Waals surface area contributed by atoms with Gasteiger partial charge in [-0.15, -0.1) is 0 Å². The number of halogens is 2. The molecule has 0 atom stereocenters. The molecule has 0 aliphatic rings. The highest BCUT2D eigenvalue weighted by molar-refractivity contribution is 6.44. The van der Waals surface area contributed by atoms with Crippen LogP contribution in [0, 0.1) is 6.92 Å². The standard InChI is InChI=1S/C10H8Cl2N2/c1-5-2-3-6-4-7(11)8(12)9(13)10(6)14-5/h2-4H,13H2,1H3. The maximum absolute atomic E-state index is 5.91. The summed E-state index contributed by atoms with van der Waals surface area (Å²) in [5.74, 6) is 0. The normalized spacial score (nSPS) is 10.8. The zero-order valence-corrected chi connectivity index (χ0v) is 9.02. The lowest BCUT2D eigenvalue weighted by Gasteiger charge is -2.05. The van der Waals surface area contributed by atoms with Gasteiger partial charge in [-0.25, -0.2) is 0 Å². The van der Waals surface area contributed by atoms with E-state index in [1.54, 1.807) is 6.07 Å². The van der Waals surface area contributed by atoms with Crippen molar-refractivity contribution >= 4 is 39.8 Å². The molecule has 1 aromatic carbocycles. The van der Waals surface area contributed by atoms with Gasteiger partial charge < -0.3 is 5.73 Å². The highest BCUT2D eigenvalue weighted by Crippen LogP contribution is 2.34. The number of aryl methyl sites for hydroxylation is 1. The number of hydrogen-bond donors (Lipinski definition) is 1. The zero-order valence-electron chi connectivity index (χ0n) is 7.51. The lowest BCUT2D eigenvalue weighted by atomic mass is 10.2. The van der Waals surface area contributed by atoms with Crippen molar-refractivity contribution in [1.82, 2.24) is 4.98 Å². The van der Waals surface area contributed by atoms with E-state index in [0.717, 1.165) is 11.1 Å². The summed E-state index contributed by atoms with van der Waals surface area (Å²) in [6.45, 7) is 1.90. The molecule has 0 fully saturated rings. The number of benzene rings is 1. The Bertz CT molecular complexity index is 509. The first kappa shape index (κ1) is 9.56. The summed E-state index contributed by atoms with van der Waals surface area (Å²) in [5.41, 5.74) is 7.86. The van der Waals surface area contributed by atoms with E-state index in [0.29, 0.717) is 21.2 Å². The molecule has 0 saturated carbocycles. The minimum Gasteiger partial charge on any atom is -0.396 e. The third-order valence-electron chi connectivity index (χ3n) is 2.05. The van der Waals surface area contributed by atoms with Gasteiger partial charge in [-0.3, -0.25) is 4.98 Å². The van der Waals surface area contributed by atoms with Gasteiger partial charge in [0.1, 0.15) is 0 Å². The smallest absolute Gasteiger partial charge is 0.0950 e. The SMILES string of the molecule is Cc1ccc2cc(Cl)c(Cl)c(N)c2n1. The molecule has 2 aromatic rings. The average Bonchev–Trinajstić information content (AvgIpc) is 2.16. The summed E-state index contributed by atoms with van der Waals surface area (Å²) in [6, 6.07) is 5.60. The highest BCUT2D eigenvalue weighted by Gasteiger charge is 2.08. The van der Waals surface area contributed by atoms with Crippen molar-refractivity contribution in [1.29, 1.82) is 0 Å². The number of pyridine rings is 1. The molecule has 0 spiro atoms. The molecule has 0 saturated heterocycles. The maximum atomic E-state index is 5.91. The average molecular weight is 227 g/mol. The number of nitrogens with two attached hydrogens (primary N) is 1. The second kappa shape index (κ2) is 3.30. The summed E-state index contributed by atoms with van der Waals surface area (Å²) in [6.07, 6.45) is 0. The minimum atomic E-state index is 0.372.